The van der Waals surface area contributed by atoms with Crippen LogP contribution in [0.2, 0.25) is 0 Å². The summed E-state index contributed by atoms with van der Waals surface area (Å²) in [6.45, 7) is 0.546. The molecule has 84 valence electrons. The first-order valence-corrected chi connectivity index (χ1v) is 5.78. The molecule has 0 spiro atoms. The van der Waals surface area contributed by atoms with Gasteiger partial charge in [-0.3, -0.25) is 4.98 Å². The van der Waals surface area contributed by atoms with Crippen LogP contribution in [0.4, 0.5) is 5.82 Å². The Morgan fingerprint density at radius 1 is 1.35 bits per heavy atom. The summed E-state index contributed by atoms with van der Waals surface area (Å²) in [4.78, 5) is 8.34. The number of nitriles is 1. The number of pyridine rings is 2. The highest BCUT2D eigenvalue weighted by Crippen LogP contribution is 2.17. The normalized spacial score (nSPS) is 9.65. The van der Waals surface area contributed by atoms with E-state index in [2.05, 4.69) is 37.3 Å². The van der Waals surface area contributed by atoms with Crippen LogP contribution >= 0.6 is 15.9 Å². The molecule has 0 fully saturated rings. The molecule has 0 bridgehead atoms. The van der Waals surface area contributed by atoms with Crippen molar-refractivity contribution in [1.82, 2.24) is 9.97 Å². The van der Waals surface area contributed by atoms with Gasteiger partial charge in [-0.2, -0.15) is 5.26 Å². The molecule has 0 radical (unpaired) electrons. The highest BCUT2D eigenvalue weighted by atomic mass is 79.9. The second-order valence-corrected chi connectivity index (χ2v) is 4.25. The van der Waals surface area contributed by atoms with Gasteiger partial charge in [0, 0.05) is 16.9 Å². The Hall–Kier alpha value is -1.93. The fourth-order valence-corrected chi connectivity index (χ4v) is 1.67. The molecule has 0 aliphatic carbocycles. The third kappa shape index (κ3) is 3.02. The summed E-state index contributed by atoms with van der Waals surface area (Å²) in [5, 5.41) is 12.1. The third-order valence-corrected chi connectivity index (χ3v) is 2.57. The minimum absolute atomic E-state index is 0.510. The molecule has 0 aliphatic rings. The van der Waals surface area contributed by atoms with Gasteiger partial charge < -0.3 is 5.32 Å². The topological polar surface area (TPSA) is 61.6 Å². The molecule has 0 saturated heterocycles. The van der Waals surface area contributed by atoms with E-state index < -0.39 is 0 Å². The molecule has 2 aromatic heterocycles. The van der Waals surface area contributed by atoms with Crippen LogP contribution in [0.15, 0.2) is 41.1 Å². The highest BCUT2D eigenvalue weighted by molar-refractivity contribution is 9.10. The van der Waals surface area contributed by atoms with E-state index in [4.69, 9.17) is 5.26 Å². The average molecular weight is 289 g/mol. The summed E-state index contributed by atoms with van der Waals surface area (Å²) in [5.74, 6) is 0.571. The summed E-state index contributed by atoms with van der Waals surface area (Å²) < 4.78 is 0.789. The van der Waals surface area contributed by atoms with E-state index in [1.165, 1.54) is 0 Å². The van der Waals surface area contributed by atoms with Gasteiger partial charge in [0.05, 0.1) is 17.8 Å². The molecule has 2 rings (SSSR count). The molecule has 0 saturated carbocycles. The van der Waals surface area contributed by atoms with Crippen molar-refractivity contribution in [1.29, 1.82) is 5.26 Å². The van der Waals surface area contributed by atoms with Crippen molar-refractivity contribution in [2.45, 2.75) is 6.54 Å². The minimum atomic E-state index is 0.510. The lowest BCUT2D eigenvalue weighted by molar-refractivity contribution is 1.03. The fraction of sp³-hybridized carbons (Fsp3) is 0.0833. The minimum Gasteiger partial charge on any atom is -0.363 e. The monoisotopic (exact) mass is 288 g/mol. The maximum Gasteiger partial charge on any atom is 0.144 e. The average Bonchev–Trinajstić information content (AvgIpc) is 2.38. The van der Waals surface area contributed by atoms with Crippen LogP contribution in [0.5, 0.6) is 0 Å². The van der Waals surface area contributed by atoms with Crippen molar-refractivity contribution in [2.75, 3.05) is 5.32 Å². The molecule has 0 aliphatic heterocycles. The van der Waals surface area contributed by atoms with Gasteiger partial charge in [-0.15, -0.1) is 0 Å². The van der Waals surface area contributed by atoms with Crippen LogP contribution < -0.4 is 5.32 Å². The van der Waals surface area contributed by atoms with Gasteiger partial charge in [0.25, 0.3) is 0 Å². The molecule has 0 atom stereocenters. The summed E-state index contributed by atoms with van der Waals surface area (Å²) in [6, 6.07) is 9.53. The predicted octanol–water partition coefficient (Wildman–Crippen LogP) is 2.72. The first-order chi connectivity index (χ1) is 8.29. The lowest BCUT2D eigenvalue weighted by Gasteiger charge is -2.06. The van der Waals surface area contributed by atoms with Crippen molar-refractivity contribution in [3.05, 3.63) is 52.4 Å². The van der Waals surface area contributed by atoms with E-state index in [9.17, 15) is 0 Å². The predicted molar refractivity (Wildman–Crippen MR) is 68.2 cm³/mol. The summed E-state index contributed by atoms with van der Waals surface area (Å²) >= 11 is 3.28. The summed E-state index contributed by atoms with van der Waals surface area (Å²) in [7, 11) is 0. The summed E-state index contributed by atoms with van der Waals surface area (Å²) in [5.41, 5.74) is 1.41. The van der Waals surface area contributed by atoms with E-state index >= 15 is 0 Å². The largest absolute Gasteiger partial charge is 0.363 e. The van der Waals surface area contributed by atoms with Gasteiger partial charge in [-0.25, -0.2) is 4.98 Å². The van der Waals surface area contributed by atoms with Gasteiger partial charge >= 0.3 is 0 Å². The standard InChI is InChI=1S/C12H9BrN4/c13-10-5-9(6-14)12(16-7-10)17-8-11-3-1-2-4-15-11/h1-5,7H,8H2,(H,16,17). The number of hydrogen-bond donors (Lipinski definition) is 1. The molecule has 0 amide bonds. The second kappa shape index (κ2) is 5.41. The lowest BCUT2D eigenvalue weighted by Crippen LogP contribution is -2.04. The van der Waals surface area contributed by atoms with E-state index in [0.717, 1.165) is 10.2 Å². The fourth-order valence-electron chi connectivity index (χ4n) is 1.34. The molecule has 2 heterocycles. The smallest absolute Gasteiger partial charge is 0.144 e. The molecular weight excluding hydrogens is 280 g/mol. The quantitative estimate of drug-likeness (QED) is 0.943. The van der Waals surface area contributed by atoms with Gasteiger partial charge in [0.15, 0.2) is 0 Å². The molecule has 2 aromatic rings. The number of nitrogens with one attached hydrogen (secondary N) is 1. The van der Waals surface area contributed by atoms with E-state index in [1.54, 1.807) is 18.5 Å². The Morgan fingerprint density at radius 3 is 2.94 bits per heavy atom. The Labute approximate surface area is 107 Å². The first-order valence-electron chi connectivity index (χ1n) is 4.99. The van der Waals surface area contributed by atoms with Gasteiger partial charge in [0.1, 0.15) is 11.9 Å². The van der Waals surface area contributed by atoms with Crippen LogP contribution in [-0.4, -0.2) is 9.97 Å². The lowest BCUT2D eigenvalue weighted by atomic mass is 10.2. The van der Waals surface area contributed by atoms with Crippen molar-refractivity contribution in [3.63, 3.8) is 0 Å². The maximum absolute atomic E-state index is 8.97. The molecule has 1 N–H and O–H groups in total. The van der Waals surface area contributed by atoms with E-state index in [0.29, 0.717) is 17.9 Å². The van der Waals surface area contributed by atoms with Crippen LogP contribution in [-0.2, 0) is 6.54 Å². The molecule has 17 heavy (non-hydrogen) atoms. The molecule has 0 aromatic carbocycles. The van der Waals surface area contributed by atoms with Crippen molar-refractivity contribution < 1.29 is 0 Å². The number of hydrogen-bond acceptors (Lipinski definition) is 4. The van der Waals surface area contributed by atoms with Crippen molar-refractivity contribution in [3.8, 4) is 6.07 Å². The van der Waals surface area contributed by atoms with Gasteiger partial charge in [0.2, 0.25) is 0 Å². The van der Waals surface area contributed by atoms with Crippen molar-refractivity contribution in [2.24, 2.45) is 0 Å². The zero-order valence-electron chi connectivity index (χ0n) is 8.89. The van der Waals surface area contributed by atoms with Gasteiger partial charge in [-0.1, -0.05) is 6.07 Å². The number of halogens is 1. The first kappa shape index (κ1) is 11.6. The summed E-state index contributed by atoms with van der Waals surface area (Å²) in [6.07, 6.45) is 3.39. The zero-order valence-corrected chi connectivity index (χ0v) is 10.5. The van der Waals surface area contributed by atoms with E-state index in [1.807, 2.05) is 18.2 Å². The number of aromatic nitrogens is 2. The Balaban J connectivity index is 2.12. The highest BCUT2D eigenvalue weighted by Gasteiger charge is 2.04. The molecule has 0 unspecified atom stereocenters. The molecule has 4 nitrogen and oxygen atoms in total. The Morgan fingerprint density at radius 2 is 2.24 bits per heavy atom. The maximum atomic E-state index is 8.97. The van der Waals surface area contributed by atoms with Crippen LogP contribution in [0, 0.1) is 11.3 Å². The number of anilines is 1. The number of rotatable bonds is 3. The SMILES string of the molecule is N#Cc1cc(Br)cnc1NCc1ccccn1. The molecular formula is C12H9BrN4. The van der Waals surface area contributed by atoms with E-state index in [-0.39, 0.29) is 0 Å². The number of nitrogens with zero attached hydrogens (tertiary/aromatic N) is 3. The molecule has 5 heteroatoms. The second-order valence-electron chi connectivity index (χ2n) is 3.34. The van der Waals surface area contributed by atoms with Gasteiger partial charge in [-0.05, 0) is 34.1 Å². The van der Waals surface area contributed by atoms with Crippen molar-refractivity contribution >= 4 is 21.7 Å². The Kier molecular flexibility index (Phi) is 3.68. The van der Waals surface area contributed by atoms with Crippen LogP contribution in [0.1, 0.15) is 11.3 Å². The van der Waals surface area contributed by atoms with Crippen LogP contribution in [0.25, 0.3) is 0 Å². The third-order valence-electron chi connectivity index (χ3n) is 2.14. The zero-order chi connectivity index (χ0) is 12.1. The van der Waals surface area contributed by atoms with Crippen LogP contribution in [0.3, 0.4) is 0 Å². The Bertz CT molecular complexity index is 548.